The van der Waals surface area contributed by atoms with Crippen molar-refractivity contribution >= 4 is 33.3 Å². The molecule has 2 heterocycles. The van der Waals surface area contributed by atoms with E-state index in [4.69, 9.17) is 5.73 Å². The van der Waals surface area contributed by atoms with Gasteiger partial charge in [0.15, 0.2) is 0 Å². The number of anilines is 1. The molecule has 0 bridgehead atoms. The van der Waals surface area contributed by atoms with Crippen LogP contribution < -0.4 is 10.6 Å². The van der Waals surface area contributed by atoms with E-state index < -0.39 is 4.92 Å². The topological polar surface area (TPSA) is 102 Å². The van der Waals surface area contributed by atoms with Gasteiger partial charge in [-0.15, -0.1) is 0 Å². The number of halogens is 1. The molecule has 8 heteroatoms. The first kappa shape index (κ1) is 11.9. The molecule has 2 rings (SSSR count). The van der Waals surface area contributed by atoms with Crippen molar-refractivity contribution in [3.05, 3.63) is 26.9 Å². The minimum absolute atomic E-state index is 0.0520. The number of carbonyl (C=O) groups is 1. The molecule has 1 aliphatic rings. The number of hydrogen-bond acceptors (Lipinski definition) is 5. The van der Waals surface area contributed by atoms with Gasteiger partial charge in [-0.2, -0.15) is 0 Å². The number of hydrogen-bond donors (Lipinski definition) is 1. The van der Waals surface area contributed by atoms with Crippen molar-refractivity contribution in [2.24, 2.45) is 5.73 Å². The minimum Gasteiger partial charge on any atom is -0.326 e. The molecular weight excluding hydrogens is 292 g/mol. The SMILES string of the molecule is NC1CC(=O)N(c2ncc(Br)cc2[N+](=O)[O-])C1. The first-order valence-corrected chi connectivity index (χ1v) is 5.64. The fraction of sp³-hybridized carbons (Fsp3) is 0.333. The lowest BCUT2D eigenvalue weighted by Gasteiger charge is -2.14. The number of rotatable bonds is 2. The van der Waals surface area contributed by atoms with Gasteiger partial charge in [-0.05, 0) is 15.9 Å². The van der Waals surface area contributed by atoms with Crippen molar-refractivity contribution in [3.8, 4) is 0 Å². The third-order valence-corrected chi connectivity index (χ3v) is 2.85. The molecule has 17 heavy (non-hydrogen) atoms. The van der Waals surface area contributed by atoms with Crippen molar-refractivity contribution in [1.29, 1.82) is 0 Å². The zero-order valence-electron chi connectivity index (χ0n) is 8.67. The second-order valence-electron chi connectivity index (χ2n) is 3.72. The number of pyridine rings is 1. The highest BCUT2D eigenvalue weighted by atomic mass is 79.9. The summed E-state index contributed by atoms with van der Waals surface area (Å²) in [7, 11) is 0. The Morgan fingerprint density at radius 1 is 1.65 bits per heavy atom. The highest BCUT2D eigenvalue weighted by Crippen LogP contribution is 2.30. The number of aromatic nitrogens is 1. The van der Waals surface area contributed by atoms with Crippen LogP contribution in [0.3, 0.4) is 0 Å². The van der Waals surface area contributed by atoms with E-state index in [-0.39, 0.29) is 36.4 Å². The van der Waals surface area contributed by atoms with Crippen LogP contribution in [-0.2, 0) is 4.79 Å². The maximum atomic E-state index is 11.6. The van der Waals surface area contributed by atoms with E-state index in [0.29, 0.717) is 4.47 Å². The summed E-state index contributed by atoms with van der Waals surface area (Å²) in [6.45, 7) is 0.258. The summed E-state index contributed by atoms with van der Waals surface area (Å²) < 4.78 is 0.490. The van der Waals surface area contributed by atoms with Crippen molar-refractivity contribution in [1.82, 2.24) is 4.98 Å². The maximum Gasteiger partial charge on any atom is 0.313 e. The predicted molar refractivity (Wildman–Crippen MR) is 63.5 cm³/mol. The van der Waals surface area contributed by atoms with Crippen LogP contribution in [0, 0.1) is 10.1 Å². The third-order valence-electron chi connectivity index (χ3n) is 2.42. The summed E-state index contributed by atoms with van der Waals surface area (Å²) in [4.78, 5) is 27.1. The van der Waals surface area contributed by atoms with E-state index in [1.807, 2.05) is 0 Å². The minimum atomic E-state index is -0.565. The van der Waals surface area contributed by atoms with Gasteiger partial charge < -0.3 is 5.73 Å². The zero-order chi connectivity index (χ0) is 12.6. The summed E-state index contributed by atoms with van der Waals surface area (Å²) in [5, 5.41) is 10.9. The van der Waals surface area contributed by atoms with Gasteiger partial charge >= 0.3 is 5.69 Å². The number of nitrogens with two attached hydrogens (primary N) is 1. The number of carbonyl (C=O) groups excluding carboxylic acids is 1. The Hall–Kier alpha value is -1.54. The molecule has 2 N–H and O–H groups in total. The second kappa shape index (κ2) is 4.38. The van der Waals surface area contributed by atoms with Crippen LogP contribution in [0.5, 0.6) is 0 Å². The molecule has 1 aromatic rings. The van der Waals surface area contributed by atoms with Gasteiger partial charge in [0.1, 0.15) is 0 Å². The molecule has 0 radical (unpaired) electrons. The summed E-state index contributed by atoms with van der Waals surface area (Å²) in [6.07, 6.45) is 1.61. The van der Waals surface area contributed by atoms with E-state index in [2.05, 4.69) is 20.9 Å². The largest absolute Gasteiger partial charge is 0.326 e. The van der Waals surface area contributed by atoms with Gasteiger partial charge in [0.2, 0.25) is 11.7 Å². The molecule has 1 aromatic heterocycles. The van der Waals surface area contributed by atoms with Gasteiger partial charge in [0.25, 0.3) is 0 Å². The van der Waals surface area contributed by atoms with Crippen LogP contribution in [0.15, 0.2) is 16.7 Å². The van der Waals surface area contributed by atoms with Crippen molar-refractivity contribution in [3.63, 3.8) is 0 Å². The average Bonchev–Trinajstić information content (AvgIpc) is 2.57. The Kier molecular flexibility index (Phi) is 3.07. The van der Waals surface area contributed by atoms with Gasteiger partial charge in [0.05, 0.1) is 4.92 Å². The molecule has 7 nitrogen and oxygen atoms in total. The van der Waals surface area contributed by atoms with E-state index >= 15 is 0 Å². The van der Waals surface area contributed by atoms with Gasteiger partial charge in [-0.3, -0.25) is 19.8 Å². The quantitative estimate of drug-likeness (QED) is 0.643. The molecule has 0 aliphatic carbocycles. The van der Waals surface area contributed by atoms with Crippen LogP contribution in [0.1, 0.15) is 6.42 Å². The Labute approximate surface area is 105 Å². The molecule has 90 valence electrons. The smallest absolute Gasteiger partial charge is 0.313 e. The summed E-state index contributed by atoms with van der Waals surface area (Å²) in [5.41, 5.74) is 5.43. The van der Waals surface area contributed by atoms with Crippen LogP contribution in [0.4, 0.5) is 11.5 Å². The number of amides is 1. The summed E-state index contributed by atoms with van der Waals surface area (Å²) >= 11 is 3.11. The maximum absolute atomic E-state index is 11.6. The molecule has 1 amide bonds. The highest BCUT2D eigenvalue weighted by Gasteiger charge is 2.33. The normalized spacial score (nSPS) is 19.8. The van der Waals surface area contributed by atoms with E-state index in [0.717, 1.165) is 0 Å². The highest BCUT2D eigenvalue weighted by molar-refractivity contribution is 9.10. The average molecular weight is 301 g/mol. The van der Waals surface area contributed by atoms with Crippen molar-refractivity contribution in [2.45, 2.75) is 12.5 Å². The second-order valence-corrected chi connectivity index (χ2v) is 4.64. The molecule has 1 aliphatic heterocycles. The molecule has 1 unspecified atom stereocenters. The molecule has 1 fully saturated rings. The molecule has 0 aromatic carbocycles. The standard InChI is InChI=1S/C9H9BrN4O3/c10-5-1-7(14(16)17)9(12-3-5)13-4-6(11)2-8(13)15/h1,3,6H,2,4,11H2. The Morgan fingerprint density at radius 3 is 2.88 bits per heavy atom. The van der Waals surface area contributed by atoms with Crippen LogP contribution in [0.25, 0.3) is 0 Å². The van der Waals surface area contributed by atoms with Crippen molar-refractivity contribution in [2.75, 3.05) is 11.4 Å². The fourth-order valence-corrected chi connectivity index (χ4v) is 2.02. The van der Waals surface area contributed by atoms with Crippen LogP contribution >= 0.6 is 15.9 Å². The zero-order valence-corrected chi connectivity index (χ0v) is 10.3. The van der Waals surface area contributed by atoms with Crippen LogP contribution in [-0.4, -0.2) is 28.4 Å². The van der Waals surface area contributed by atoms with E-state index in [9.17, 15) is 14.9 Å². The predicted octanol–water partition coefficient (Wildman–Crippen LogP) is 0.816. The van der Waals surface area contributed by atoms with E-state index in [1.54, 1.807) is 0 Å². The van der Waals surface area contributed by atoms with Gasteiger partial charge in [0, 0.05) is 35.7 Å². The van der Waals surface area contributed by atoms with Gasteiger partial charge in [-0.1, -0.05) is 0 Å². The Morgan fingerprint density at radius 2 is 2.35 bits per heavy atom. The van der Waals surface area contributed by atoms with Gasteiger partial charge in [-0.25, -0.2) is 4.98 Å². The van der Waals surface area contributed by atoms with E-state index in [1.165, 1.54) is 17.2 Å². The fourth-order valence-electron chi connectivity index (χ4n) is 1.70. The molecule has 0 spiro atoms. The first-order valence-electron chi connectivity index (χ1n) is 4.85. The lowest BCUT2D eigenvalue weighted by Crippen LogP contribution is -2.29. The Bertz CT molecular complexity index is 493. The Balaban J connectivity index is 2.45. The first-order chi connectivity index (χ1) is 7.99. The lowest BCUT2D eigenvalue weighted by atomic mass is 10.3. The van der Waals surface area contributed by atoms with Crippen molar-refractivity contribution < 1.29 is 9.72 Å². The molecule has 1 saturated heterocycles. The van der Waals surface area contributed by atoms with Crippen LogP contribution in [0.2, 0.25) is 0 Å². The third kappa shape index (κ3) is 2.27. The summed E-state index contributed by atoms with van der Waals surface area (Å²) in [5.74, 6) is -0.188. The molecule has 1 atom stereocenters. The monoisotopic (exact) mass is 300 g/mol. The molecular formula is C9H9BrN4O3. The summed E-state index contributed by atoms with van der Waals surface area (Å²) in [6, 6.07) is 1.02. The number of nitro groups is 1. The lowest BCUT2D eigenvalue weighted by molar-refractivity contribution is -0.384. The molecule has 0 saturated carbocycles. The number of nitrogens with zero attached hydrogens (tertiary/aromatic N) is 3.